The van der Waals surface area contributed by atoms with E-state index in [2.05, 4.69) is 22.1 Å². The second-order valence-corrected chi connectivity index (χ2v) is 6.51. The molecule has 152 valence electrons. The molecule has 0 radical (unpaired) electrons. The second-order valence-electron chi connectivity index (χ2n) is 6.51. The van der Waals surface area contributed by atoms with Crippen LogP contribution >= 0.6 is 0 Å². The quantitative estimate of drug-likeness (QED) is 0.442. The molecule has 0 saturated carbocycles. The predicted octanol–water partition coefficient (Wildman–Crippen LogP) is 1.84. The number of nitrogen functional groups attached to an aromatic ring is 1. The van der Waals surface area contributed by atoms with Gasteiger partial charge in [-0.2, -0.15) is 0 Å². The minimum absolute atomic E-state index is 0.00655. The lowest BCUT2D eigenvalue weighted by Gasteiger charge is -2.11. The van der Waals surface area contributed by atoms with Gasteiger partial charge in [0, 0.05) is 23.1 Å². The standard InChI is InChI=1S/C23H22N4O3/c1-2-30-23(29)19(24)14-26-22(28)16-10-7-15(8-11-16)9-12-20-18-6-4-3-5-17(18)13-21(25)27-20/h3-8,10-11,13,19H,2,14,24H2,1H3,(H2,25,27)(H,26,28)/t19-/m0/s1. The summed E-state index contributed by atoms with van der Waals surface area (Å²) in [5, 5.41) is 4.52. The highest BCUT2D eigenvalue weighted by Gasteiger charge is 2.16. The number of esters is 1. The van der Waals surface area contributed by atoms with Gasteiger partial charge in [0.2, 0.25) is 0 Å². The number of benzene rings is 2. The molecular weight excluding hydrogens is 380 g/mol. The zero-order valence-electron chi connectivity index (χ0n) is 16.5. The molecular formula is C23H22N4O3. The third kappa shape index (κ3) is 5.13. The topological polar surface area (TPSA) is 120 Å². The monoisotopic (exact) mass is 402 g/mol. The van der Waals surface area contributed by atoms with E-state index in [-0.39, 0.29) is 19.1 Å². The van der Waals surface area contributed by atoms with Gasteiger partial charge >= 0.3 is 5.97 Å². The highest BCUT2D eigenvalue weighted by Crippen LogP contribution is 2.18. The van der Waals surface area contributed by atoms with Gasteiger partial charge in [-0.25, -0.2) is 4.98 Å². The first-order valence-corrected chi connectivity index (χ1v) is 9.45. The van der Waals surface area contributed by atoms with Gasteiger partial charge < -0.3 is 21.5 Å². The number of nitrogens with two attached hydrogens (primary N) is 2. The van der Waals surface area contributed by atoms with E-state index >= 15 is 0 Å². The van der Waals surface area contributed by atoms with Crippen LogP contribution in [0.3, 0.4) is 0 Å². The van der Waals surface area contributed by atoms with Crippen LogP contribution in [0.25, 0.3) is 10.8 Å². The van der Waals surface area contributed by atoms with Crippen molar-refractivity contribution in [1.82, 2.24) is 10.3 Å². The molecule has 0 saturated heterocycles. The van der Waals surface area contributed by atoms with Gasteiger partial charge in [0.15, 0.2) is 0 Å². The molecule has 1 amide bonds. The molecule has 5 N–H and O–H groups in total. The number of ether oxygens (including phenoxy) is 1. The van der Waals surface area contributed by atoms with Crippen LogP contribution in [0.2, 0.25) is 0 Å². The third-order valence-electron chi connectivity index (χ3n) is 4.30. The van der Waals surface area contributed by atoms with Crippen molar-refractivity contribution in [3.05, 3.63) is 71.4 Å². The number of anilines is 1. The number of aromatic nitrogens is 1. The Balaban J connectivity index is 1.69. The predicted molar refractivity (Wildman–Crippen MR) is 116 cm³/mol. The number of carbonyl (C=O) groups is 2. The SMILES string of the molecule is CCOC(=O)[C@@H](N)CNC(=O)c1ccc(C#Cc2nc(N)cc3ccccc23)cc1. The molecule has 7 heteroatoms. The van der Waals surface area contributed by atoms with E-state index in [0.717, 1.165) is 16.3 Å². The molecule has 3 rings (SSSR count). The van der Waals surface area contributed by atoms with Crippen LogP contribution in [-0.4, -0.2) is 36.1 Å². The molecule has 0 aliphatic carbocycles. The van der Waals surface area contributed by atoms with Crippen LogP contribution in [0, 0.1) is 11.8 Å². The minimum Gasteiger partial charge on any atom is -0.465 e. The first-order chi connectivity index (χ1) is 14.5. The molecule has 1 aromatic heterocycles. The van der Waals surface area contributed by atoms with Crippen LogP contribution in [0.4, 0.5) is 5.82 Å². The van der Waals surface area contributed by atoms with Crippen molar-refractivity contribution < 1.29 is 14.3 Å². The summed E-state index contributed by atoms with van der Waals surface area (Å²) in [7, 11) is 0. The maximum Gasteiger partial charge on any atom is 0.324 e. The summed E-state index contributed by atoms with van der Waals surface area (Å²) in [6.07, 6.45) is 0. The number of nitrogens with one attached hydrogen (secondary N) is 1. The summed E-state index contributed by atoms with van der Waals surface area (Å²) in [4.78, 5) is 28.0. The Morgan fingerprint density at radius 2 is 1.87 bits per heavy atom. The Bertz CT molecular complexity index is 1130. The van der Waals surface area contributed by atoms with E-state index in [1.807, 2.05) is 30.3 Å². The van der Waals surface area contributed by atoms with Crippen LogP contribution in [0.5, 0.6) is 0 Å². The summed E-state index contributed by atoms with van der Waals surface area (Å²) in [6.45, 7) is 1.93. The van der Waals surface area contributed by atoms with E-state index in [1.165, 1.54) is 0 Å². The first-order valence-electron chi connectivity index (χ1n) is 9.45. The average Bonchev–Trinajstić information content (AvgIpc) is 2.76. The number of fused-ring (bicyclic) bond motifs is 1. The zero-order chi connectivity index (χ0) is 21.5. The Labute approximate surface area is 174 Å². The Kier molecular flexibility index (Phi) is 6.63. The van der Waals surface area contributed by atoms with Crippen LogP contribution < -0.4 is 16.8 Å². The molecule has 0 unspecified atom stereocenters. The molecule has 0 aliphatic heterocycles. The fraction of sp³-hybridized carbons (Fsp3) is 0.174. The van der Waals surface area contributed by atoms with Crippen LogP contribution in [-0.2, 0) is 9.53 Å². The highest BCUT2D eigenvalue weighted by atomic mass is 16.5. The van der Waals surface area contributed by atoms with Gasteiger partial charge in [0.1, 0.15) is 17.6 Å². The Hall–Kier alpha value is -3.89. The van der Waals surface area contributed by atoms with E-state index in [9.17, 15) is 9.59 Å². The van der Waals surface area contributed by atoms with Crippen molar-refractivity contribution in [2.45, 2.75) is 13.0 Å². The summed E-state index contributed by atoms with van der Waals surface area (Å²) in [5.74, 6) is 5.62. The Morgan fingerprint density at radius 1 is 1.13 bits per heavy atom. The Morgan fingerprint density at radius 3 is 2.60 bits per heavy atom. The van der Waals surface area contributed by atoms with Gasteiger partial charge in [0.05, 0.1) is 6.61 Å². The van der Waals surface area contributed by atoms with Crippen molar-refractivity contribution in [1.29, 1.82) is 0 Å². The normalized spacial score (nSPS) is 11.3. The average molecular weight is 402 g/mol. The minimum atomic E-state index is -0.903. The zero-order valence-corrected chi connectivity index (χ0v) is 16.5. The lowest BCUT2D eigenvalue weighted by Crippen LogP contribution is -2.43. The first kappa shape index (κ1) is 20.8. The van der Waals surface area contributed by atoms with Gasteiger partial charge in [-0.3, -0.25) is 9.59 Å². The summed E-state index contributed by atoms with van der Waals surface area (Å²) >= 11 is 0. The van der Waals surface area contributed by atoms with Gasteiger partial charge in [-0.05, 0) is 48.6 Å². The van der Waals surface area contributed by atoms with Crippen molar-refractivity contribution >= 4 is 28.5 Å². The van der Waals surface area contributed by atoms with Crippen molar-refractivity contribution in [3.8, 4) is 11.8 Å². The smallest absolute Gasteiger partial charge is 0.324 e. The fourth-order valence-electron chi connectivity index (χ4n) is 2.79. The number of hydrogen-bond donors (Lipinski definition) is 3. The maximum absolute atomic E-state index is 12.2. The summed E-state index contributed by atoms with van der Waals surface area (Å²) in [5.41, 5.74) is 13.3. The highest BCUT2D eigenvalue weighted by molar-refractivity contribution is 5.94. The number of pyridine rings is 1. The number of hydrogen-bond acceptors (Lipinski definition) is 6. The van der Waals surface area contributed by atoms with Gasteiger partial charge in [-0.15, -0.1) is 0 Å². The van der Waals surface area contributed by atoms with Gasteiger partial charge in [-0.1, -0.05) is 30.2 Å². The number of carbonyl (C=O) groups excluding carboxylic acids is 2. The van der Waals surface area contributed by atoms with Crippen LogP contribution in [0.1, 0.15) is 28.5 Å². The number of nitrogens with zero attached hydrogens (tertiary/aromatic N) is 1. The number of amides is 1. The van der Waals surface area contributed by atoms with E-state index < -0.39 is 12.0 Å². The molecule has 2 aromatic carbocycles. The molecule has 0 fully saturated rings. The molecule has 30 heavy (non-hydrogen) atoms. The summed E-state index contributed by atoms with van der Waals surface area (Å²) < 4.78 is 4.81. The van der Waals surface area contributed by atoms with Crippen molar-refractivity contribution in [3.63, 3.8) is 0 Å². The molecule has 1 atom stereocenters. The molecule has 3 aromatic rings. The van der Waals surface area contributed by atoms with E-state index in [4.69, 9.17) is 16.2 Å². The second kappa shape index (κ2) is 9.54. The molecule has 0 spiro atoms. The number of rotatable bonds is 5. The summed E-state index contributed by atoms with van der Waals surface area (Å²) in [6, 6.07) is 15.4. The van der Waals surface area contributed by atoms with E-state index in [0.29, 0.717) is 17.1 Å². The van der Waals surface area contributed by atoms with Gasteiger partial charge in [0.25, 0.3) is 5.91 Å². The largest absolute Gasteiger partial charge is 0.465 e. The molecule has 0 aliphatic rings. The van der Waals surface area contributed by atoms with Crippen LogP contribution in [0.15, 0.2) is 54.6 Å². The van der Waals surface area contributed by atoms with Crippen molar-refractivity contribution in [2.24, 2.45) is 5.73 Å². The maximum atomic E-state index is 12.2. The lowest BCUT2D eigenvalue weighted by molar-refractivity contribution is -0.144. The lowest BCUT2D eigenvalue weighted by atomic mass is 10.1. The third-order valence-corrected chi connectivity index (χ3v) is 4.30. The van der Waals surface area contributed by atoms with Crippen molar-refractivity contribution in [2.75, 3.05) is 18.9 Å². The van der Waals surface area contributed by atoms with E-state index in [1.54, 1.807) is 31.2 Å². The molecule has 1 heterocycles. The fourth-order valence-corrected chi connectivity index (χ4v) is 2.79. The molecule has 0 bridgehead atoms. The molecule has 7 nitrogen and oxygen atoms in total.